The molecule has 0 heterocycles. The number of rotatable bonds is 6. The Hall–Kier alpha value is -0.163. The van der Waals surface area contributed by atoms with Gasteiger partial charge in [0.15, 0.2) is 14.6 Å². The molecule has 0 aromatic carbocycles. The van der Waals surface area contributed by atoms with Crippen LogP contribution in [0.4, 0.5) is 0 Å². The Labute approximate surface area is 132 Å². The van der Waals surface area contributed by atoms with Gasteiger partial charge in [-0.2, -0.15) is 0 Å². The molecule has 0 spiro atoms. The van der Waals surface area contributed by atoms with Gasteiger partial charge in [0.05, 0.1) is 6.10 Å². The molecule has 0 saturated heterocycles. The largest absolute Gasteiger partial charge is 0.413 e. The van der Waals surface area contributed by atoms with Crippen LogP contribution in [0.1, 0.15) is 40.5 Å². The minimum Gasteiger partial charge on any atom is -0.413 e. The van der Waals surface area contributed by atoms with Crippen molar-refractivity contribution in [2.75, 3.05) is 14.2 Å². The summed E-state index contributed by atoms with van der Waals surface area (Å²) in [7, 11) is 1.66. The Morgan fingerprint density at radius 1 is 1.14 bits per heavy atom. The predicted octanol–water partition coefficient (Wildman–Crippen LogP) is 4.60. The third-order valence-corrected chi connectivity index (χ3v) is 9.79. The Morgan fingerprint density at radius 2 is 1.67 bits per heavy atom. The van der Waals surface area contributed by atoms with E-state index < -0.39 is 8.32 Å². The molecule has 0 radical (unpaired) electrons. The number of hydrogen-bond donors (Lipinski definition) is 0. The van der Waals surface area contributed by atoms with Crippen LogP contribution in [0.3, 0.4) is 0 Å². The van der Waals surface area contributed by atoms with E-state index in [0.717, 1.165) is 12.8 Å². The molecule has 124 valence electrons. The fourth-order valence-electron chi connectivity index (χ4n) is 3.11. The first-order valence-electron chi connectivity index (χ1n) is 7.94. The van der Waals surface area contributed by atoms with E-state index in [0.29, 0.717) is 11.8 Å². The molecular formula is C17H34O3Si. The van der Waals surface area contributed by atoms with Gasteiger partial charge in [-0.1, -0.05) is 32.9 Å². The molecular weight excluding hydrogens is 280 g/mol. The highest BCUT2D eigenvalue weighted by Gasteiger charge is 2.46. The summed E-state index contributed by atoms with van der Waals surface area (Å²) in [6.45, 7) is 17.8. The molecule has 0 N–H and O–H groups in total. The first-order chi connectivity index (χ1) is 9.55. The van der Waals surface area contributed by atoms with E-state index in [1.807, 2.05) is 0 Å². The second kappa shape index (κ2) is 6.94. The van der Waals surface area contributed by atoms with E-state index in [2.05, 4.69) is 47.4 Å². The molecule has 0 aromatic rings. The topological polar surface area (TPSA) is 27.7 Å². The lowest BCUT2D eigenvalue weighted by Gasteiger charge is -2.41. The van der Waals surface area contributed by atoms with E-state index in [1.54, 1.807) is 14.2 Å². The maximum atomic E-state index is 6.67. The molecule has 3 atom stereocenters. The van der Waals surface area contributed by atoms with Gasteiger partial charge in [-0.3, -0.25) is 0 Å². The third kappa shape index (κ3) is 4.18. The van der Waals surface area contributed by atoms with E-state index in [1.165, 1.54) is 5.57 Å². The zero-order valence-corrected chi connectivity index (χ0v) is 16.2. The lowest BCUT2D eigenvalue weighted by atomic mass is 9.88. The standard InChI is InChI=1S/C17H34O3Si/c1-12(2)15-13(16(18-6)19-7)10-11-14(15)20-21(8,9)17(3,4)5/h13-16H,1,10-11H2,2-9H3/t13-,14+,15+/m0/s1. The van der Waals surface area contributed by atoms with Gasteiger partial charge in [-0.05, 0) is 37.9 Å². The normalized spacial score (nSPS) is 27.4. The highest BCUT2D eigenvalue weighted by Crippen LogP contribution is 2.45. The van der Waals surface area contributed by atoms with Crippen molar-refractivity contribution < 1.29 is 13.9 Å². The van der Waals surface area contributed by atoms with Gasteiger partial charge in [0.25, 0.3) is 0 Å². The van der Waals surface area contributed by atoms with Crippen molar-refractivity contribution in [3.63, 3.8) is 0 Å². The van der Waals surface area contributed by atoms with Crippen LogP contribution in [0.2, 0.25) is 18.1 Å². The quantitative estimate of drug-likeness (QED) is 0.407. The van der Waals surface area contributed by atoms with Crippen LogP contribution in [0.5, 0.6) is 0 Å². The molecule has 1 rings (SSSR count). The van der Waals surface area contributed by atoms with Gasteiger partial charge in [-0.25, -0.2) is 0 Å². The Kier molecular flexibility index (Phi) is 6.24. The fraction of sp³-hybridized carbons (Fsp3) is 0.882. The summed E-state index contributed by atoms with van der Waals surface area (Å²) in [6, 6.07) is 0. The second-order valence-electron chi connectivity index (χ2n) is 7.87. The van der Waals surface area contributed by atoms with Gasteiger partial charge in [0, 0.05) is 26.1 Å². The molecule has 1 saturated carbocycles. The zero-order valence-electron chi connectivity index (χ0n) is 15.2. The van der Waals surface area contributed by atoms with Gasteiger partial charge < -0.3 is 13.9 Å². The van der Waals surface area contributed by atoms with E-state index >= 15 is 0 Å². The molecule has 0 aromatic heterocycles. The van der Waals surface area contributed by atoms with E-state index in [-0.39, 0.29) is 17.4 Å². The Balaban J connectivity index is 2.92. The van der Waals surface area contributed by atoms with Gasteiger partial charge >= 0.3 is 0 Å². The summed E-state index contributed by atoms with van der Waals surface area (Å²) < 4.78 is 17.7. The van der Waals surface area contributed by atoms with Crippen LogP contribution in [0, 0.1) is 11.8 Å². The average Bonchev–Trinajstić information content (AvgIpc) is 2.72. The molecule has 1 aliphatic rings. The molecule has 3 nitrogen and oxygen atoms in total. The Bertz CT molecular complexity index is 356. The minimum atomic E-state index is -1.77. The average molecular weight is 315 g/mol. The smallest absolute Gasteiger partial charge is 0.192 e. The molecule has 0 unspecified atom stereocenters. The predicted molar refractivity (Wildman–Crippen MR) is 90.9 cm³/mol. The molecule has 0 bridgehead atoms. The molecule has 4 heteroatoms. The Morgan fingerprint density at radius 3 is 2.05 bits per heavy atom. The highest BCUT2D eigenvalue weighted by molar-refractivity contribution is 6.74. The van der Waals surface area contributed by atoms with E-state index in [4.69, 9.17) is 13.9 Å². The van der Waals surface area contributed by atoms with Crippen LogP contribution >= 0.6 is 0 Å². The summed E-state index contributed by atoms with van der Waals surface area (Å²) in [6.07, 6.45) is 2.22. The SMILES string of the molecule is C=C(C)[C@@H]1[C@@H](C(OC)OC)CC[C@H]1O[Si](C)(C)C(C)(C)C. The fourth-order valence-corrected chi connectivity index (χ4v) is 4.49. The van der Waals surface area contributed by atoms with Crippen LogP contribution in [0.25, 0.3) is 0 Å². The first-order valence-corrected chi connectivity index (χ1v) is 10.8. The summed E-state index contributed by atoms with van der Waals surface area (Å²) in [5.41, 5.74) is 1.18. The van der Waals surface area contributed by atoms with Crippen molar-refractivity contribution in [3.05, 3.63) is 12.2 Å². The summed E-state index contributed by atoms with van der Waals surface area (Å²) in [5, 5.41) is 0.229. The van der Waals surface area contributed by atoms with Gasteiger partial charge in [0.1, 0.15) is 0 Å². The number of hydrogen-bond acceptors (Lipinski definition) is 3. The maximum Gasteiger partial charge on any atom is 0.192 e. The first kappa shape index (κ1) is 18.9. The lowest BCUT2D eigenvalue weighted by Crippen LogP contribution is -2.45. The van der Waals surface area contributed by atoms with Crippen molar-refractivity contribution >= 4 is 8.32 Å². The molecule has 0 amide bonds. The van der Waals surface area contributed by atoms with Crippen LogP contribution in [-0.4, -0.2) is 34.9 Å². The van der Waals surface area contributed by atoms with Crippen molar-refractivity contribution in [2.24, 2.45) is 11.8 Å². The van der Waals surface area contributed by atoms with Crippen LogP contribution < -0.4 is 0 Å². The molecule has 1 fully saturated rings. The van der Waals surface area contributed by atoms with Crippen molar-refractivity contribution in [1.29, 1.82) is 0 Å². The third-order valence-electron chi connectivity index (χ3n) is 5.28. The highest BCUT2D eigenvalue weighted by atomic mass is 28.4. The van der Waals surface area contributed by atoms with Crippen LogP contribution in [-0.2, 0) is 13.9 Å². The van der Waals surface area contributed by atoms with Crippen molar-refractivity contribution in [1.82, 2.24) is 0 Å². The number of methoxy groups -OCH3 is 2. The van der Waals surface area contributed by atoms with E-state index in [9.17, 15) is 0 Å². The second-order valence-corrected chi connectivity index (χ2v) is 12.6. The molecule has 1 aliphatic carbocycles. The van der Waals surface area contributed by atoms with Crippen molar-refractivity contribution in [2.45, 2.75) is 71.1 Å². The maximum absolute atomic E-state index is 6.67. The van der Waals surface area contributed by atoms with Gasteiger partial charge in [0.2, 0.25) is 0 Å². The summed E-state index contributed by atoms with van der Waals surface area (Å²) >= 11 is 0. The number of ether oxygens (including phenoxy) is 2. The summed E-state index contributed by atoms with van der Waals surface area (Å²) in [5.74, 6) is 0.663. The molecule has 0 aliphatic heterocycles. The monoisotopic (exact) mass is 314 g/mol. The zero-order chi connectivity index (χ0) is 16.4. The lowest BCUT2D eigenvalue weighted by molar-refractivity contribution is -0.144. The summed E-state index contributed by atoms with van der Waals surface area (Å²) in [4.78, 5) is 0. The van der Waals surface area contributed by atoms with Crippen molar-refractivity contribution in [3.8, 4) is 0 Å². The molecule has 21 heavy (non-hydrogen) atoms. The van der Waals surface area contributed by atoms with Gasteiger partial charge in [-0.15, -0.1) is 0 Å². The van der Waals surface area contributed by atoms with Crippen LogP contribution in [0.15, 0.2) is 12.2 Å². The minimum absolute atomic E-state index is 0.167.